The number of rotatable bonds is 7. The van der Waals surface area contributed by atoms with Gasteiger partial charge in [-0.1, -0.05) is 41.6 Å². The molecule has 2 aromatic carbocycles. The van der Waals surface area contributed by atoms with Crippen molar-refractivity contribution in [2.45, 2.75) is 26.0 Å². The maximum absolute atomic E-state index is 5.84. The summed E-state index contributed by atoms with van der Waals surface area (Å²) in [4.78, 5) is 4.51. The lowest BCUT2D eigenvalue weighted by Gasteiger charge is -2.08. The predicted molar refractivity (Wildman–Crippen MR) is 92.7 cm³/mol. The van der Waals surface area contributed by atoms with Gasteiger partial charge in [0.2, 0.25) is 0 Å². The van der Waals surface area contributed by atoms with E-state index in [9.17, 15) is 0 Å². The minimum atomic E-state index is 0.298. The van der Waals surface area contributed by atoms with Crippen LogP contribution in [0.25, 0.3) is 11.5 Å². The van der Waals surface area contributed by atoms with E-state index in [0.29, 0.717) is 24.4 Å². The summed E-state index contributed by atoms with van der Waals surface area (Å²) in [5.74, 6) is 2.06. The number of nitrogens with zero attached hydrogens (tertiary/aromatic N) is 2. The highest BCUT2D eigenvalue weighted by atomic mass is 16.5. The topological polar surface area (TPSA) is 60.2 Å². The lowest BCUT2D eigenvalue weighted by atomic mass is 10.1. The number of likely N-dealkylation sites (N-methyl/N-ethyl adjacent to an activating group) is 1. The first-order chi connectivity index (χ1) is 11.8. The highest BCUT2D eigenvalue weighted by Crippen LogP contribution is 2.23. The number of hydrogen-bond acceptors (Lipinski definition) is 5. The number of benzene rings is 2. The van der Waals surface area contributed by atoms with E-state index >= 15 is 0 Å². The first kappa shape index (κ1) is 16.2. The second-order valence-electron chi connectivity index (χ2n) is 5.67. The maximum Gasteiger partial charge on any atom is 0.258 e. The van der Waals surface area contributed by atoms with E-state index in [2.05, 4.69) is 22.4 Å². The Bertz CT molecular complexity index is 771. The Balaban J connectivity index is 1.76. The number of para-hydroxylation sites is 1. The van der Waals surface area contributed by atoms with Crippen molar-refractivity contribution in [3.63, 3.8) is 0 Å². The number of nitrogens with one attached hydrogen (secondary N) is 1. The molecule has 1 N–H and O–H groups in total. The summed E-state index contributed by atoms with van der Waals surface area (Å²) in [5, 5.41) is 7.24. The SMILES string of the molecule is CNC(C)Cc1noc(-c2ccccc2COc2ccccc2)n1. The number of ether oxygens (including phenoxy) is 1. The van der Waals surface area contributed by atoms with Crippen LogP contribution < -0.4 is 10.1 Å². The Morgan fingerprint density at radius 3 is 2.62 bits per heavy atom. The fourth-order valence-electron chi connectivity index (χ4n) is 2.35. The van der Waals surface area contributed by atoms with Gasteiger partial charge in [-0.25, -0.2) is 0 Å². The minimum absolute atomic E-state index is 0.298. The maximum atomic E-state index is 5.84. The van der Waals surface area contributed by atoms with Crippen molar-refractivity contribution in [3.05, 3.63) is 66.0 Å². The molecule has 0 aliphatic heterocycles. The zero-order chi connectivity index (χ0) is 16.8. The normalized spacial score (nSPS) is 12.1. The van der Waals surface area contributed by atoms with Gasteiger partial charge < -0.3 is 14.6 Å². The lowest BCUT2D eigenvalue weighted by molar-refractivity contribution is 0.306. The third kappa shape index (κ3) is 4.00. The second-order valence-corrected chi connectivity index (χ2v) is 5.67. The molecule has 124 valence electrons. The smallest absolute Gasteiger partial charge is 0.258 e. The highest BCUT2D eigenvalue weighted by molar-refractivity contribution is 5.58. The van der Waals surface area contributed by atoms with Gasteiger partial charge in [0.25, 0.3) is 5.89 Å². The molecule has 0 bridgehead atoms. The fourth-order valence-corrected chi connectivity index (χ4v) is 2.35. The van der Waals surface area contributed by atoms with Crippen LogP contribution >= 0.6 is 0 Å². The van der Waals surface area contributed by atoms with E-state index < -0.39 is 0 Å². The van der Waals surface area contributed by atoms with Gasteiger partial charge in [-0.2, -0.15) is 4.98 Å². The van der Waals surface area contributed by atoms with E-state index in [1.165, 1.54) is 0 Å². The first-order valence-electron chi connectivity index (χ1n) is 8.02. The molecular formula is C19H21N3O2. The van der Waals surface area contributed by atoms with E-state index in [-0.39, 0.29) is 0 Å². The second kappa shape index (κ2) is 7.75. The highest BCUT2D eigenvalue weighted by Gasteiger charge is 2.14. The van der Waals surface area contributed by atoms with E-state index in [1.807, 2.05) is 61.6 Å². The van der Waals surface area contributed by atoms with Crippen LogP contribution in [0.5, 0.6) is 5.75 Å². The summed E-state index contributed by atoms with van der Waals surface area (Å²) in [6.45, 7) is 2.53. The Hall–Kier alpha value is -2.66. The molecule has 5 heteroatoms. The molecule has 1 unspecified atom stereocenters. The van der Waals surface area contributed by atoms with Gasteiger partial charge in [0.05, 0.1) is 0 Å². The summed E-state index contributed by atoms with van der Waals surface area (Å²) < 4.78 is 11.3. The van der Waals surface area contributed by atoms with Crippen molar-refractivity contribution < 1.29 is 9.26 Å². The summed E-state index contributed by atoms with van der Waals surface area (Å²) in [6, 6.07) is 18.0. The average Bonchev–Trinajstić information content (AvgIpc) is 3.09. The molecule has 0 amide bonds. The number of aromatic nitrogens is 2. The third-order valence-electron chi connectivity index (χ3n) is 3.83. The van der Waals surface area contributed by atoms with Crippen LogP contribution in [-0.2, 0) is 13.0 Å². The quantitative estimate of drug-likeness (QED) is 0.721. The molecule has 0 radical (unpaired) electrons. The summed E-state index contributed by atoms with van der Waals surface area (Å²) in [7, 11) is 1.92. The Labute approximate surface area is 141 Å². The Morgan fingerprint density at radius 1 is 1.08 bits per heavy atom. The van der Waals surface area contributed by atoms with Gasteiger partial charge in [-0.15, -0.1) is 0 Å². The van der Waals surface area contributed by atoms with Crippen molar-refractivity contribution in [1.29, 1.82) is 0 Å². The van der Waals surface area contributed by atoms with Gasteiger partial charge >= 0.3 is 0 Å². The molecule has 0 fully saturated rings. The zero-order valence-electron chi connectivity index (χ0n) is 13.9. The van der Waals surface area contributed by atoms with Crippen molar-refractivity contribution in [1.82, 2.24) is 15.5 Å². The molecule has 1 heterocycles. The molecule has 0 aliphatic rings. The summed E-state index contributed by atoms with van der Waals surface area (Å²) >= 11 is 0. The molecule has 5 nitrogen and oxygen atoms in total. The van der Waals surface area contributed by atoms with Crippen LogP contribution in [0.15, 0.2) is 59.1 Å². The molecule has 0 spiro atoms. The monoisotopic (exact) mass is 323 g/mol. The van der Waals surface area contributed by atoms with Crippen molar-refractivity contribution in [3.8, 4) is 17.2 Å². The average molecular weight is 323 g/mol. The van der Waals surface area contributed by atoms with E-state index in [0.717, 1.165) is 23.3 Å². The van der Waals surface area contributed by atoms with Crippen molar-refractivity contribution in [2.75, 3.05) is 7.05 Å². The van der Waals surface area contributed by atoms with Crippen LogP contribution in [-0.4, -0.2) is 23.2 Å². The lowest BCUT2D eigenvalue weighted by Crippen LogP contribution is -2.24. The van der Waals surface area contributed by atoms with Gasteiger partial charge in [0, 0.05) is 23.6 Å². The molecule has 0 saturated carbocycles. The van der Waals surface area contributed by atoms with Gasteiger partial charge in [0.15, 0.2) is 5.82 Å². The Morgan fingerprint density at radius 2 is 1.83 bits per heavy atom. The third-order valence-corrected chi connectivity index (χ3v) is 3.83. The Kier molecular flexibility index (Phi) is 5.23. The van der Waals surface area contributed by atoms with Crippen LogP contribution in [0.4, 0.5) is 0 Å². The van der Waals surface area contributed by atoms with E-state index in [1.54, 1.807) is 0 Å². The van der Waals surface area contributed by atoms with Crippen molar-refractivity contribution in [2.24, 2.45) is 0 Å². The summed E-state index contributed by atoms with van der Waals surface area (Å²) in [5.41, 5.74) is 1.92. The first-order valence-corrected chi connectivity index (χ1v) is 8.02. The minimum Gasteiger partial charge on any atom is -0.489 e. The van der Waals surface area contributed by atoms with Gasteiger partial charge in [-0.3, -0.25) is 0 Å². The molecule has 3 rings (SSSR count). The molecule has 24 heavy (non-hydrogen) atoms. The van der Waals surface area contributed by atoms with Crippen molar-refractivity contribution >= 4 is 0 Å². The summed E-state index contributed by atoms with van der Waals surface area (Å²) in [6.07, 6.45) is 0.725. The van der Waals surface area contributed by atoms with E-state index in [4.69, 9.17) is 9.26 Å². The fraction of sp³-hybridized carbons (Fsp3) is 0.263. The van der Waals surface area contributed by atoms with Crippen LogP contribution in [0.1, 0.15) is 18.3 Å². The standard InChI is InChI=1S/C19H21N3O2/c1-14(20-2)12-18-21-19(24-22-18)17-11-7-6-8-15(17)13-23-16-9-4-3-5-10-16/h3-11,14,20H,12-13H2,1-2H3. The number of hydrogen-bond donors (Lipinski definition) is 1. The molecule has 0 saturated heterocycles. The molecular weight excluding hydrogens is 302 g/mol. The largest absolute Gasteiger partial charge is 0.489 e. The zero-order valence-corrected chi connectivity index (χ0v) is 13.9. The van der Waals surface area contributed by atoms with Crippen LogP contribution in [0.3, 0.4) is 0 Å². The predicted octanol–water partition coefficient (Wildman–Crippen LogP) is 3.47. The van der Waals surface area contributed by atoms with Gasteiger partial charge in [0.1, 0.15) is 12.4 Å². The van der Waals surface area contributed by atoms with Crippen LogP contribution in [0, 0.1) is 0 Å². The molecule has 1 aromatic heterocycles. The van der Waals surface area contributed by atoms with Crippen LogP contribution in [0.2, 0.25) is 0 Å². The van der Waals surface area contributed by atoms with Gasteiger partial charge in [-0.05, 0) is 32.2 Å². The molecule has 0 aliphatic carbocycles. The molecule has 3 aromatic rings. The molecule has 1 atom stereocenters.